The highest BCUT2D eigenvalue weighted by Crippen LogP contribution is 2.22. The number of benzene rings is 1. The van der Waals surface area contributed by atoms with Crippen LogP contribution in [0.15, 0.2) is 24.4 Å². The van der Waals surface area contributed by atoms with E-state index in [9.17, 15) is 0 Å². The predicted octanol–water partition coefficient (Wildman–Crippen LogP) is 2.73. The summed E-state index contributed by atoms with van der Waals surface area (Å²) in [6, 6.07) is 5.40. The number of hydrogen-bond acceptors (Lipinski definition) is 5. The van der Waals surface area contributed by atoms with Gasteiger partial charge in [0.25, 0.3) is 0 Å². The Balaban J connectivity index is 2.13. The molecule has 5 nitrogen and oxygen atoms in total. The van der Waals surface area contributed by atoms with Gasteiger partial charge in [-0.25, -0.2) is 10.5 Å². The Kier molecular flexibility index (Phi) is 3.53. The molecule has 6 heteroatoms. The highest BCUT2D eigenvalue weighted by molar-refractivity contribution is 6.28. The van der Waals surface area contributed by atoms with Gasteiger partial charge in [-0.1, -0.05) is 0 Å². The molecule has 18 heavy (non-hydrogen) atoms. The molecule has 3 N–H and O–H groups in total. The van der Waals surface area contributed by atoms with Gasteiger partial charge in [-0.3, -0.25) is 0 Å². The lowest BCUT2D eigenvalue weighted by Gasteiger charge is -2.12. The van der Waals surface area contributed by atoms with Crippen LogP contribution in [0.3, 0.4) is 0 Å². The minimum absolute atomic E-state index is 0.138. The number of hydrogen-bond donors (Lipinski definition) is 2. The smallest absolute Gasteiger partial charge is 0.250 e. The second kappa shape index (κ2) is 5.10. The Labute approximate surface area is 110 Å². The van der Waals surface area contributed by atoms with E-state index in [1.807, 2.05) is 26.0 Å². The summed E-state index contributed by atoms with van der Waals surface area (Å²) in [5, 5.41) is 0.138. The maximum absolute atomic E-state index is 5.81. The van der Waals surface area contributed by atoms with Crippen molar-refractivity contribution in [2.24, 2.45) is 0 Å². The first-order chi connectivity index (χ1) is 8.56. The van der Waals surface area contributed by atoms with Gasteiger partial charge in [0.1, 0.15) is 0 Å². The first kappa shape index (κ1) is 12.4. The second-order valence-electron chi connectivity index (χ2n) is 3.89. The number of nitrogens with two attached hydrogens (primary N) is 1. The Hall–Kier alpha value is -2.01. The molecule has 0 saturated carbocycles. The Morgan fingerprint density at radius 2 is 2.06 bits per heavy atom. The highest BCUT2D eigenvalue weighted by atomic mass is 35.5. The highest BCUT2D eigenvalue weighted by Gasteiger charge is 2.04. The monoisotopic (exact) mass is 264 g/mol. The van der Waals surface area contributed by atoms with Crippen LogP contribution in [0.25, 0.3) is 0 Å². The van der Waals surface area contributed by atoms with Crippen molar-refractivity contribution in [1.29, 1.82) is 0 Å². The molecule has 1 aromatic carbocycles. The quantitative estimate of drug-likeness (QED) is 0.507. The van der Waals surface area contributed by atoms with Crippen LogP contribution in [-0.4, -0.2) is 9.97 Å². The number of aromatic nitrogens is 2. The van der Waals surface area contributed by atoms with Crippen molar-refractivity contribution in [3.8, 4) is 5.88 Å². The molecule has 94 valence electrons. The molecule has 0 saturated heterocycles. The summed E-state index contributed by atoms with van der Waals surface area (Å²) in [6.45, 7) is 3.87. The largest absolute Gasteiger partial charge is 0.399 e. The second-order valence-corrected chi connectivity index (χ2v) is 4.23. The summed E-state index contributed by atoms with van der Waals surface area (Å²) >= 11 is 5.66. The summed E-state index contributed by atoms with van der Waals surface area (Å²) in [7, 11) is 0. The van der Waals surface area contributed by atoms with Crippen LogP contribution < -0.4 is 16.1 Å². The number of anilines is 2. The zero-order valence-corrected chi connectivity index (χ0v) is 10.8. The van der Waals surface area contributed by atoms with Crippen molar-refractivity contribution in [3.05, 3.63) is 40.8 Å². The number of nitrogen functional groups attached to an aromatic ring is 1. The Morgan fingerprint density at radius 1 is 1.28 bits per heavy atom. The molecular formula is C12H13ClN4O. The summed E-state index contributed by atoms with van der Waals surface area (Å²) in [5.41, 5.74) is 12.2. The van der Waals surface area contributed by atoms with Crippen LogP contribution in [-0.2, 0) is 0 Å². The molecule has 0 radical (unpaired) electrons. The molecule has 0 aliphatic rings. The van der Waals surface area contributed by atoms with E-state index in [-0.39, 0.29) is 5.28 Å². The third-order valence-electron chi connectivity index (χ3n) is 2.48. The van der Waals surface area contributed by atoms with Gasteiger partial charge >= 0.3 is 0 Å². The van der Waals surface area contributed by atoms with Crippen molar-refractivity contribution in [3.63, 3.8) is 0 Å². The first-order valence-corrected chi connectivity index (χ1v) is 5.72. The van der Waals surface area contributed by atoms with E-state index in [0.29, 0.717) is 5.88 Å². The molecule has 0 aliphatic carbocycles. The summed E-state index contributed by atoms with van der Waals surface area (Å²) < 4.78 is 0. The van der Waals surface area contributed by atoms with Crippen LogP contribution in [0.2, 0.25) is 5.28 Å². The molecule has 0 bridgehead atoms. The lowest BCUT2D eigenvalue weighted by atomic mass is 10.1. The van der Waals surface area contributed by atoms with Gasteiger partial charge < -0.3 is 10.6 Å². The van der Waals surface area contributed by atoms with Gasteiger partial charge in [-0.15, -0.1) is 0 Å². The minimum atomic E-state index is 0.138. The van der Waals surface area contributed by atoms with Crippen molar-refractivity contribution in [2.75, 3.05) is 11.2 Å². The molecule has 1 heterocycles. The fourth-order valence-electron chi connectivity index (χ4n) is 1.43. The fourth-order valence-corrected chi connectivity index (χ4v) is 1.57. The Morgan fingerprint density at radius 3 is 2.78 bits per heavy atom. The number of halogens is 1. The lowest BCUT2D eigenvalue weighted by molar-refractivity contribution is 0.387. The van der Waals surface area contributed by atoms with Crippen LogP contribution in [0.1, 0.15) is 11.1 Å². The first-order valence-electron chi connectivity index (χ1n) is 5.34. The van der Waals surface area contributed by atoms with Crippen molar-refractivity contribution < 1.29 is 4.84 Å². The zero-order valence-electron chi connectivity index (χ0n) is 10.1. The maximum Gasteiger partial charge on any atom is 0.250 e. The molecule has 0 aliphatic heterocycles. The standard InChI is InChI=1S/C12H13ClN4O/c1-7-6-10(8(2)5-9(7)14)17-18-11-3-4-15-12(13)16-11/h3-6,17H,14H2,1-2H3. The van der Waals surface area contributed by atoms with E-state index in [1.165, 1.54) is 6.20 Å². The molecule has 2 aromatic rings. The molecule has 0 fully saturated rings. The number of nitrogens with zero attached hydrogens (tertiary/aromatic N) is 2. The average molecular weight is 265 g/mol. The maximum atomic E-state index is 5.81. The van der Waals surface area contributed by atoms with Crippen LogP contribution in [0.5, 0.6) is 5.88 Å². The van der Waals surface area contributed by atoms with Gasteiger partial charge in [0.05, 0.1) is 5.69 Å². The van der Waals surface area contributed by atoms with Crippen molar-refractivity contribution >= 4 is 23.0 Å². The van der Waals surface area contributed by atoms with Crippen LogP contribution in [0, 0.1) is 13.8 Å². The predicted molar refractivity (Wildman–Crippen MR) is 71.6 cm³/mol. The number of aryl methyl sites for hydroxylation is 2. The normalized spacial score (nSPS) is 10.2. The summed E-state index contributed by atoms with van der Waals surface area (Å²) in [4.78, 5) is 13.0. The van der Waals surface area contributed by atoms with Gasteiger partial charge in [-0.05, 0) is 48.7 Å². The molecule has 0 atom stereocenters. The number of rotatable bonds is 3. The molecule has 0 spiro atoms. The third-order valence-corrected chi connectivity index (χ3v) is 2.66. The molecule has 0 unspecified atom stereocenters. The van der Waals surface area contributed by atoms with Crippen LogP contribution >= 0.6 is 11.6 Å². The van der Waals surface area contributed by atoms with E-state index in [0.717, 1.165) is 22.5 Å². The van der Waals surface area contributed by atoms with Crippen LogP contribution in [0.4, 0.5) is 11.4 Å². The van der Waals surface area contributed by atoms with E-state index in [2.05, 4.69) is 15.4 Å². The minimum Gasteiger partial charge on any atom is -0.399 e. The van der Waals surface area contributed by atoms with E-state index in [1.54, 1.807) is 6.07 Å². The summed E-state index contributed by atoms with van der Waals surface area (Å²) in [5.74, 6) is 0.351. The average Bonchev–Trinajstić information content (AvgIpc) is 2.32. The van der Waals surface area contributed by atoms with E-state index >= 15 is 0 Å². The lowest BCUT2D eigenvalue weighted by Crippen LogP contribution is -2.08. The summed E-state index contributed by atoms with van der Waals surface area (Å²) in [6.07, 6.45) is 1.52. The van der Waals surface area contributed by atoms with E-state index in [4.69, 9.17) is 22.2 Å². The van der Waals surface area contributed by atoms with Gasteiger partial charge in [0.15, 0.2) is 0 Å². The van der Waals surface area contributed by atoms with Crippen molar-refractivity contribution in [2.45, 2.75) is 13.8 Å². The molecule has 1 aromatic heterocycles. The van der Waals surface area contributed by atoms with Gasteiger partial charge in [0.2, 0.25) is 11.2 Å². The van der Waals surface area contributed by atoms with Crippen molar-refractivity contribution in [1.82, 2.24) is 9.97 Å². The molecular weight excluding hydrogens is 252 g/mol. The SMILES string of the molecule is Cc1cc(NOc2ccnc(Cl)n2)c(C)cc1N. The van der Waals surface area contributed by atoms with Gasteiger partial charge in [0, 0.05) is 18.0 Å². The van der Waals surface area contributed by atoms with Gasteiger partial charge in [-0.2, -0.15) is 4.98 Å². The fraction of sp³-hybridized carbons (Fsp3) is 0.167. The topological polar surface area (TPSA) is 73.1 Å². The molecule has 0 amide bonds. The zero-order chi connectivity index (χ0) is 13.1. The number of nitrogens with one attached hydrogen (secondary N) is 1. The Bertz CT molecular complexity index is 574. The van der Waals surface area contributed by atoms with E-state index < -0.39 is 0 Å². The molecule has 2 rings (SSSR count). The third kappa shape index (κ3) is 2.81.